The van der Waals surface area contributed by atoms with Crippen molar-refractivity contribution in [2.45, 2.75) is 44.6 Å². The summed E-state index contributed by atoms with van der Waals surface area (Å²) in [6, 6.07) is 2.28. The van der Waals surface area contributed by atoms with Crippen molar-refractivity contribution in [3.05, 3.63) is 22.9 Å². The van der Waals surface area contributed by atoms with Gasteiger partial charge < -0.3 is 16.4 Å². The van der Waals surface area contributed by atoms with Crippen molar-refractivity contribution < 1.29 is 4.79 Å². The average molecular weight is 274 g/mol. The summed E-state index contributed by atoms with van der Waals surface area (Å²) in [7, 11) is 0. The second kappa shape index (κ2) is 5.79. The molecule has 2 aliphatic rings. The van der Waals surface area contributed by atoms with E-state index in [0.717, 1.165) is 44.5 Å². The normalized spacial score (nSPS) is 22.1. The largest absolute Gasteiger partial charge is 0.365 e. The number of amides is 1. The second-order valence-electron chi connectivity index (χ2n) is 5.75. The lowest BCUT2D eigenvalue weighted by Gasteiger charge is -2.26. The van der Waals surface area contributed by atoms with Gasteiger partial charge in [0.15, 0.2) is 0 Å². The van der Waals surface area contributed by atoms with Crippen LogP contribution in [0.1, 0.15) is 47.3 Å². The van der Waals surface area contributed by atoms with Gasteiger partial charge in [-0.1, -0.05) is 0 Å². The van der Waals surface area contributed by atoms with Crippen LogP contribution in [0.5, 0.6) is 0 Å². The number of hydrogen-bond donors (Lipinski definition) is 3. The molecule has 20 heavy (non-hydrogen) atoms. The fraction of sp³-hybridized carbons (Fsp3) is 0.600. The summed E-state index contributed by atoms with van der Waals surface area (Å²) in [6.07, 6.45) is 6.62. The molecule has 1 amide bonds. The first-order chi connectivity index (χ1) is 9.74. The molecule has 1 saturated heterocycles. The maximum Gasteiger partial charge on any atom is 0.252 e. The van der Waals surface area contributed by atoms with Gasteiger partial charge in [0, 0.05) is 18.3 Å². The smallest absolute Gasteiger partial charge is 0.252 e. The second-order valence-corrected chi connectivity index (χ2v) is 5.75. The van der Waals surface area contributed by atoms with Crippen LogP contribution in [0.25, 0.3) is 0 Å². The third kappa shape index (κ3) is 2.77. The van der Waals surface area contributed by atoms with E-state index in [1.54, 1.807) is 0 Å². The Morgan fingerprint density at radius 2 is 2.20 bits per heavy atom. The highest BCUT2D eigenvalue weighted by molar-refractivity contribution is 5.97. The highest BCUT2D eigenvalue weighted by Gasteiger charge is 2.20. The van der Waals surface area contributed by atoms with Gasteiger partial charge in [-0.25, -0.2) is 4.98 Å². The highest BCUT2D eigenvalue weighted by atomic mass is 16.1. The van der Waals surface area contributed by atoms with E-state index < -0.39 is 5.91 Å². The van der Waals surface area contributed by atoms with Crippen LogP contribution < -0.4 is 16.4 Å². The molecule has 0 spiro atoms. The lowest BCUT2D eigenvalue weighted by atomic mass is 9.94. The Morgan fingerprint density at radius 3 is 2.95 bits per heavy atom. The number of carbonyl (C=O) groups is 1. The third-order valence-corrected chi connectivity index (χ3v) is 4.20. The van der Waals surface area contributed by atoms with Gasteiger partial charge in [-0.2, -0.15) is 0 Å². The molecule has 5 heteroatoms. The first-order valence-electron chi connectivity index (χ1n) is 7.54. The van der Waals surface area contributed by atoms with Crippen LogP contribution in [-0.4, -0.2) is 30.0 Å². The number of nitrogens with zero attached hydrogens (tertiary/aromatic N) is 1. The van der Waals surface area contributed by atoms with Crippen molar-refractivity contribution in [3.63, 3.8) is 0 Å². The quantitative estimate of drug-likeness (QED) is 0.774. The first kappa shape index (κ1) is 13.4. The Kier molecular flexibility index (Phi) is 3.87. The van der Waals surface area contributed by atoms with Crippen LogP contribution in [0.15, 0.2) is 6.07 Å². The zero-order valence-corrected chi connectivity index (χ0v) is 11.7. The van der Waals surface area contributed by atoms with Gasteiger partial charge >= 0.3 is 0 Å². The number of fused-ring (bicyclic) bond motifs is 1. The van der Waals surface area contributed by atoms with Gasteiger partial charge in [-0.3, -0.25) is 4.79 Å². The first-order valence-corrected chi connectivity index (χ1v) is 7.54. The molecule has 108 valence electrons. The Labute approximate surface area is 119 Å². The van der Waals surface area contributed by atoms with Crippen molar-refractivity contribution in [1.82, 2.24) is 10.3 Å². The molecule has 1 aromatic rings. The van der Waals surface area contributed by atoms with Crippen molar-refractivity contribution in [1.29, 1.82) is 0 Å². The summed E-state index contributed by atoms with van der Waals surface area (Å²) in [5.41, 5.74) is 8.38. The number of primary amides is 1. The topological polar surface area (TPSA) is 80.0 Å². The van der Waals surface area contributed by atoms with Crippen molar-refractivity contribution in [2.24, 2.45) is 5.73 Å². The van der Waals surface area contributed by atoms with E-state index in [2.05, 4.69) is 15.6 Å². The molecule has 4 N–H and O–H groups in total. The predicted octanol–water partition coefficient (Wildman–Crippen LogP) is 1.22. The number of piperidine rings is 1. The molecule has 0 bridgehead atoms. The van der Waals surface area contributed by atoms with Crippen molar-refractivity contribution >= 4 is 11.7 Å². The lowest BCUT2D eigenvalue weighted by molar-refractivity contribution is 0.100. The molecule has 0 aromatic carbocycles. The number of anilines is 1. The maximum atomic E-state index is 11.7. The third-order valence-electron chi connectivity index (χ3n) is 4.20. The van der Waals surface area contributed by atoms with Crippen LogP contribution >= 0.6 is 0 Å². The van der Waals surface area contributed by atoms with E-state index in [-0.39, 0.29) is 0 Å². The Balaban J connectivity index is 1.88. The van der Waals surface area contributed by atoms with Crippen LogP contribution in [0.3, 0.4) is 0 Å². The molecule has 1 aromatic heterocycles. The summed E-state index contributed by atoms with van der Waals surface area (Å²) in [4.78, 5) is 16.4. The van der Waals surface area contributed by atoms with Crippen LogP contribution in [0, 0.1) is 0 Å². The molecule has 0 radical (unpaired) electrons. The van der Waals surface area contributed by atoms with E-state index >= 15 is 0 Å². The number of aromatic nitrogens is 1. The molecule has 0 saturated carbocycles. The van der Waals surface area contributed by atoms with E-state index in [0.29, 0.717) is 17.4 Å². The molecule has 3 rings (SSSR count). The summed E-state index contributed by atoms with van der Waals surface area (Å²) in [6.45, 7) is 1.98. The average Bonchev–Trinajstić information content (AvgIpc) is 2.47. The van der Waals surface area contributed by atoms with Gasteiger partial charge in [0.1, 0.15) is 5.82 Å². The minimum atomic E-state index is -0.392. The summed E-state index contributed by atoms with van der Waals surface area (Å²) in [5, 5.41) is 6.77. The molecular formula is C15H22N4O. The monoisotopic (exact) mass is 274 g/mol. The highest BCUT2D eigenvalue weighted by Crippen LogP contribution is 2.25. The molecule has 1 atom stereocenters. The fourth-order valence-corrected chi connectivity index (χ4v) is 3.10. The van der Waals surface area contributed by atoms with E-state index in [4.69, 9.17) is 5.73 Å². The predicted molar refractivity (Wildman–Crippen MR) is 78.9 cm³/mol. The molecule has 1 aliphatic heterocycles. The van der Waals surface area contributed by atoms with Crippen LogP contribution in [-0.2, 0) is 12.8 Å². The Morgan fingerprint density at radius 1 is 1.35 bits per heavy atom. The number of hydrogen-bond acceptors (Lipinski definition) is 4. The molecule has 1 aliphatic carbocycles. The summed E-state index contributed by atoms with van der Waals surface area (Å²) in [5.74, 6) is 0.281. The molecule has 2 heterocycles. The van der Waals surface area contributed by atoms with Crippen LogP contribution in [0.4, 0.5) is 5.82 Å². The maximum absolute atomic E-state index is 11.7. The van der Waals surface area contributed by atoms with Gasteiger partial charge in [0.2, 0.25) is 0 Å². The minimum Gasteiger partial charge on any atom is -0.365 e. The zero-order chi connectivity index (χ0) is 13.9. The Bertz CT molecular complexity index is 509. The molecular weight excluding hydrogens is 252 g/mol. The van der Waals surface area contributed by atoms with Gasteiger partial charge in [0.25, 0.3) is 5.91 Å². The Hall–Kier alpha value is -1.62. The number of pyridine rings is 1. The number of rotatable bonds is 3. The van der Waals surface area contributed by atoms with E-state index in [1.165, 1.54) is 18.4 Å². The van der Waals surface area contributed by atoms with E-state index in [1.807, 2.05) is 6.07 Å². The zero-order valence-electron chi connectivity index (χ0n) is 11.7. The van der Waals surface area contributed by atoms with E-state index in [9.17, 15) is 4.79 Å². The molecule has 5 nitrogen and oxygen atoms in total. The van der Waals surface area contributed by atoms with Crippen molar-refractivity contribution in [3.8, 4) is 0 Å². The van der Waals surface area contributed by atoms with Crippen molar-refractivity contribution in [2.75, 3.05) is 18.4 Å². The molecule has 1 unspecified atom stereocenters. The van der Waals surface area contributed by atoms with Gasteiger partial charge in [-0.05, 0) is 56.7 Å². The van der Waals surface area contributed by atoms with Crippen LogP contribution in [0.2, 0.25) is 0 Å². The SMILES string of the molecule is NC(=O)c1cc2c(nc1NC1CCCNC1)CCCC2. The standard InChI is InChI=1S/C15H22N4O/c16-14(20)12-8-10-4-1-2-6-13(10)19-15(12)18-11-5-3-7-17-9-11/h8,11,17H,1-7,9H2,(H2,16,20)(H,18,19). The fourth-order valence-electron chi connectivity index (χ4n) is 3.10. The minimum absolute atomic E-state index is 0.330. The molecule has 1 fully saturated rings. The number of nitrogens with one attached hydrogen (secondary N) is 2. The number of nitrogens with two attached hydrogens (primary N) is 1. The summed E-state index contributed by atoms with van der Waals surface area (Å²) >= 11 is 0. The van der Waals surface area contributed by atoms with Gasteiger partial charge in [-0.15, -0.1) is 0 Å². The number of carbonyl (C=O) groups excluding carboxylic acids is 1. The van der Waals surface area contributed by atoms with Gasteiger partial charge in [0.05, 0.1) is 5.56 Å². The lowest BCUT2D eigenvalue weighted by Crippen LogP contribution is -2.39. The number of aryl methyl sites for hydroxylation is 2. The summed E-state index contributed by atoms with van der Waals surface area (Å²) < 4.78 is 0.